The van der Waals surface area contributed by atoms with Crippen molar-refractivity contribution in [2.45, 2.75) is 6.92 Å². The Morgan fingerprint density at radius 2 is 1.85 bits per heavy atom. The van der Waals surface area contributed by atoms with Crippen LogP contribution in [0.3, 0.4) is 0 Å². The fraction of sp³-hybridized carbons (Fsp3) is 0.105. The van der Waals surface area contributed by atoms with Crippen molar-refractivity contribution in [2.75, 3.05) is 17.7 Å². The summed E-state index contributed by atoms with van der Waals surface area (Å²) in [5.41, 5.74) is 2.36. The van der Waals surface area contributed by atoms with Crippen molar-refractivity contribution in [3.8, 4) is 0 Å². The van der Waals surface area contributed by atoms with E-state index in [9.17, 15) is 9.18 Å². The van der Waals surface area contributed by atoms with Gasteiger partial charge in [0.15, 0.2) is 0 Å². The van der Waals surface area contributed by atoms with Gasteiger partial charge in [0.2, 0.25) is 5.95 Å². The summed E-state index contributed by atoms with van der Waals surface area (Å²) in [5, 5.41) is 6.13. The molecule has 0 amide bonds. The van der Waals surface area contributed by atoms with Crippen molar-refractivity contribution in [1.29, 1.82) is 0 Å². The number of hydrogen-bond donors (Lipinski definition) is 2. The molecule has 6 nitrogen and oxygen atoms in total. The number of rotatable bonds is 5. The van der Waals surface area contributed by atoms with Gasteiger partial charge in [-0.1, -0.05) is 17.7 Å². The maximum atomic E-state index is 13.3. The molecule has 27 heavy (non-hydrogen) atoms. The van der Waals surface area contributed by atoms with Crippen LogP contribution in [0, 0.1) is 12.7 Å². The predicted octanol–water partition coefficient (Wildman–Crippen LogP) is 4.85. The van der Waals surface area contributed by atoms with Gasteiger partial charge >= 0.3 is 5.97 Å². The van der Waals surface area contributed by atoms with E-state index in [0.717, 1.165) is 0 Å². The van der Waals surface area contributed by atoms with Gasteiger partial charge in [-0.05, 0) is 43.3 Å². The topological polar surface area (TPSA) is 76.1 Å². The molecule has 0 spiro atoms. The predicted molar refractivity (Wildman–Crippen MR) is 103 cm³/mol. The minimum Gasteiger partial charge on any atom is -0.465 e. The van der Waals surface area contributed by atoms with Gasteiger partial charge in [0, 0.05) is 23.1 Å². The van der Waals surface area contributed by atoms with E-state index in [4.69, 9.17) is 16.3 Å². The van der Waals surface area contributed by atoms with Crippen molar-refractivity contribution in [3.63, 3.8) is 0 Å². The van der Waals surface area contributed by atoms with Gasteiger partial charge < -0.3 is 15.4 Å². The molecule has 138 valence electrons. The summed E-state index contributed by atoms with van der Waals surface area (Å²) in [6, 6.07) is 12.9. The van der Waals surface area contributed by atoms with Crippen LogP contribution < -0.4 is 10.6 Å². The standard InChI is InChI=1S/C19H16ClFN4O2/c1-11-8-17(23-14-6-7-16(21)15(20)10-14)25-19(22-11)24-13-5-3-4-12(9-13)18(26)27-2/h3-10H,1-2H3,(H2,22,23,24,25). The molecule has 0 saturated heterocycles. The Bertz CT molecular complexity index is 997. The zero-order valence-corrected chi connectivity index (χ0v) is 15.3. The van der Waals surface area contributed by atoms with Gasteiger partial charge in [-0.25, -0.2) is 14.2 Å². The smallest absolute Gasteiger partial charge is 0.337 e. The average Bonchev–Trinajstić information content (AvgIpc) is 2.64. The number of aromatic nitrogens is 2. The van der Waals surface area contributed by atoms with E-state index < -0.39 is 11.8 Å². The normalized spacial score (nSPS) is 10.4. The van der Waals surface area contributed by atoms with E-state index in [1.165, 1.54) is 19.2 Å². The Morgan fingerprint density at radius 3 is 2.59 bits per heavy atom. The lowest BCUT2D eigenvalue weighted by Crippen LogP contribution is -2.04. The molecule has 0 saturated carbocycles. The number of esters is 1. The molecule has 1 heterocycles. The molecule has 1 aromatic heterocycles. The Morgan fingerprint density at radius 1 is 1.07 bits per heavy atom. The minimum absolute atomic E-state index is 0.0174. The first-order valence-electron chi connectivity index (χ1n) is 7.98. The monoisotopic (exact) mass is 386 g/mol. The minimum atomic E-state index is -0.492. The van der Waals surface area contributed by atoms with Crippen LogP contribution in [0.25, 0.3) is 0 Å². The Labute approximate surface area is 160 Å². The molecule has 2 aromatic carbocycles. The molecule has 0 unspecified atom stereocenters. The number of aryl methyl sites for hydroxylation is 1. The highest BCUT2D eigenvalue weighted by Crippen LogP contribution is 2.23. The van der Waals surface area contributed by atoms with Crippen LogP contribution in [0.15, 0.2) is 48.5 Å². The summed E-state index contributed by atoms with van der Waals surface area (Å²) in [7, 11) is 1.33. The number of hydrogen-bond acceptors (Lipinski definition) is 6. The van der Waals surface area contributed by atoms with Crippen LogP contribution in [-0.2, 0) is 4.74 Å². The number of halogens is 2. The van der Waals surface area contributed by atoms with Gasteiger partial charge in [-0.2, -0.15) is 4.98 Å². The number of carbonyl (C=O) groups is 1. The second kappa shape index (κ2) is 8.01. The highest BCUT2D eigenvalue weighted by molar-refractivity contribution is 6.31. The first kappa shape index (κ1) is 18.6. The third-order valence-electron chi connectivity index (χ3n) is 3.59. The highest BCUT2D eigenvalue weighted by Gasteiger charge is 2.08. The molecule has 0 radical (unpaired) electrons. The second-order valence-corrected chi connectivity index (χ2v) is 6.08. The Balaban J connectivity index is 1.83. The van der Waals surface area contributed by atoms with Crippen LogP contribution in [0.1, 0.15) is 16.1 Å². The zero-order valence-electron chi connectivity index (χ0n) is 14.6. The van der Waals surface area contributed by atoms with Crippen molar-refractivity contribution >= 4 is 40.7 Å². The summed E-state index contributed by atoms with van der Waals surface area (Å²) < 4.78 is 18.0. The summed E-state index contributed by atoms with van der Waals surface area (Å²) in [5.74, 6) is -0.0715. The second-order valence-electron chi connectivity index (χ2n) is 5.67. The third kappa shape index (κ3) is 4.71. The van der Waals surface area contributed by atoms with Crippen molar-refractivity contribution in [1.82, 2.24) is 9.97 Å². The molecular formula is C19H16ClFN4O2. The number of carbonyl (C=O) groups excluding carboxylic acids is 1. The zero-order chi connectivity index (χ0) is 19.4. The molecule has 0 fully saturated rings. The summed E-state index contributed by atoms with van der Waals surface area (Å²) in [6.07, 6.45) is 0. The van der Waals surface area contributed by atoms with Crippen molar-refractivity contribution in [3.05, 3.63) is 70.6 Å². The van der Waals surface area contributed by atoms with E-state index in [-0.39, 0.29) is 5.02 Å². The molecular weight excluding hydrogens is 371 g/mol. The van der Waals surface area contributed by atoms with Gasteiger partial charge in [0.05, 0.1) is 17.7 Å². The van der Waals surface area contributed by atoms with Gasteiger partial charge in [-0.15, -0.1) is 0 Å². The fourth-order valence-corrected chi connectivity index (χ4v) is 2.56. The largest absolute Gasteiger partial charge is 0.465 e. The molecule has 0 aliphatic heterocycles. The Kier molecular flexibility index (Phi) is 5.52. The van der Waals surface area contributed by atoms with Crippen LogP contribution in [0.4, 0.5) is 27.5 Å². The molecule has 3 rings (SSSR count). The number of benzene rings is 2. The maximum absolute atomic E-state index is 13.3. The molecule has 2 N–H and O–H groups in total. The third-order valence-corrected chi connectivity index (χ3v) is 3.88. The number of methoxy groups -OCH3 is 1. The lowest BCUT2D eigenvalue weighted by molar-refractivity contribution is 0.0601. The molecule has 3 aromatic rings. The Hall–Kier alpha value is -3.19. The average molecular weight is 387 g/mol. The van der Waals surface area contributed by atoms with E-state index in [1.54, 1.807) is 36.4 Å². The molecule has 0 aliphatic carbocycles. The number of nitrogens with zero attached hydrogens (tertiary/aromatic N) is 2. The van der Waals surface area contributed by atoms with Gasteiger partial charge in [-0.3, -0.25) is 0 Å². The van der Waals surface area contributed by atoms with Crippen LogP contribution in [0.5, 0.6) is 0 Å². The first-order valence-corrected chi connectivity index (χ1v) is 8.35. The molecule has 0 bridgehead atoms. The van der Waals surface area contributed by atoms with E-state index >= 15 is 0 Å². The molecule has 0 aliphatic rings. The lowest BCUT2D eigenvalue weighted by Gasteiger charge is -2.11. The number of anilines is 4. The molecule has 8 heteroatoms. The summed E-state index contributed by atoms with van der Waals surface area (Å²) >= 11 is 5.80. The number of ether oxygens (including phenoxy) is 1. The molecule has 0 atom stereocenters. The van der Waals surface area contributed by atoms with E-state index in [0.29, 0.717) is 34.4 Å². The van der Waals surface area contributed by atoms with Gasteiger partial charge in [0.1, 0.15) is 11.6 Å². The quantitative estimate of drug-likeness (QED) is 0.610. The van der Waals surface area contributed by atoms with E-state index in [2.05, 4.69) is 20.6 Å². The fourth-order valence-electron chi connectivity index (χ4n) is 2.38. The summed E-state index contributed by atoms with van der Waals surface area (Å²) in [4.78, 5) is 20.4. The lowest BCUT2D eigenvalue weighted by atomic mass is 10.2. The van der Waals surface area contributed by atoms with E-state index in [1.807, 2.05) is 6.92 Å². The maximum Gasteiger partial charge on any atom is 0.337 e. The van der Waals surface area contributed by atoms with Crippen LogP contribution >= 0.6 is 11.6 Å². The first-order chi connectivity index (χ1) is 12.9. The van der Waals surface area contributed by atoms with Crippen LogP contribution in [0.2, 0.25) is 5.02 Å². The SMILES string of the molecule is COC(=O)c1cccc(Nc2nc(C)cc(Nc3ccc(F)c(Cl)c3)n2)c1. The van der Waals surface area contributed by atoms with Crippen molar-refractivity contribution in [2.24, 2.45) is 0 Å². The van der Waals surface area contributed by atoms with Crippen molar-refractivity contribution < 1.29 is 13.9 Å². The number of nitrogens with one attached hydrogen (secondary N) is 2. The van der Waals surface area contributed by atoms with Gasteiger partial charge in [0.25, 0.3) is 0 Å². The summed E-state index contributed by atoms with van der Waals surface area (Å²) in [6.45, 7) is 1.82. The van der Waals surface area contributed by atoms with Crippen LogP contribution in [-0.4, -0.2) is 23.0 Å². The highest BCUT2D eigenvalue weighted by atomic mass is 35.5.